The average Bonchev–Trinajstić information content (AvgIpc) is 3.41. The van der Waals surface area contributed by atoms with Crippen molar-refractivity contribution < 1.29 is 14.3 Å². The topological polar surface area (TPSA) is 86.1 Å². The second-order valence-electron chi connectivity index (χ2n) is 7.05. The quantitative estimate of drug-likeness (QED) is 0.360. The Bertz CT molecular complexity index is 1110. The highest BCUT2D eigenvalue weighted by Crippen LogP contribution is 2.40. The number of hydrogen-bond donors (Lipinski definition) is 1. The molecule has 0 radical (unpaired) electrons. The fraction of sp³-hybridized carbons (Fsp3) is 0.333. The molecule has 0 aliphatic heterocycles. The van der Waals surface area contributed by atoms with Gasteiger partial charge >= 0.3 is 5.97 Å². The van der Waals surface area contributed by atoms with Crippen LogP contribution in [0, 0.1) is 0 Å². The monoisotopic (exact) mass is 476 g/mol. The predicted octanol–water partition coefficient (Wildman–Crippen LogP) is 5.07. The number of thioether (sulfide) groups is 1. The Hall–Kier alpha value is -2.36. The molecule has 1 aliphatic carbocycles. The molecule has 0 spiro atoms. The zero-order chi connectivity index (χ0) is 22.0. The van der Waals surface area contributed by atoms with Crippen LogP contribution in [0.3, 0.4) is 0 Å². The van der Waals surface area contributed by atoms with Gasteiger partial charge in [-0.2, -0.15) is 0 Å². The smallest absolute Gasteiger partial charge is 0.341 e. The number of thiophene rings is 1. The Morgan fingerprint density at radius 1 is 1.29 bits per heavy atom. The van der Waals surface area contributed by atoms with Gasteiger partial charge in [-0.05, 0) is 37.5 Å². The summed E-state index contributed by atoms with van der Waals surface area (Å²) < 4.78 is 7.03. The fourth-order valence-electron chi connectivity index (χ4n) is 3.24. The summed E-state index contributed by atoms with van der Waals surface area (Å²) in [7, 11) is 1.32. The van der Waals surface area contributed by atoms with Crippen molar-refractivity contribution in [3.8, 4) is 11.1 Å². The number of carbonyl (C=O) groups is 2. The van der Waals surface area contributed by atoms with Crippen molar-refractivity contribution in [2.24, 2.45) is 0 Å². The first-order valence-electron chi connectivity index (χ1n) is 9.83. The molecule has 0 bridgehead atoms. The van der Waals surface area contributed by atoms with Gasteiger partial charge in [0.1, 0.15) is 16.4 Å². The zero-order valence-electron chi connectivity index (χ0n) is 17.1. The van der Waals surface area contributed by atoms with Crippen LogP contribution in [-0.2, 0) is 16.1 Å². The lowest BCUT2D eigenvalue weighted by molar-refractivity contribution is -0.113. The number of methoxy groups -OCH3 is 1. The molecule has 1 aliphatic rings. The maximum Gasteiger partial charge on any atom is 0.341 e. The van der Waals surface area contributed by atoms with Crippen molar-refractivity contribution in [2.75, 3.05) is 18.2 Å². The highest BCUT2D eigenvalue weighted by atomic mass is 35.5. The SMILES string of the molecule is CCn1c(SCC(=O)Nc2scc(-c3ccc(Cl)cc3)c2C(=O)OC)nnc1C1CC1. The van der Waals surface area contributed by atoms with Crippen molar-refractivity contribution in [2.45, 2.75) is 37.4 Å². The summed E-state index contributed by atoms with van der Waals surface area (Å²) in [5.74, 6) is 0.935. The Balaban J connectivity index is 1.49. The number of benzene rings is 1. The summed E-state index contributed by atoms with van der Waals surface area (Å²) in [6.07, 6.45) is 2.29. The molecule has 2 aromatic heterocycles. The number of rotatable bonds is 8. The molecule has 0 saturated heterocycles. The van der Waals surface area contributed by atoms with Crippen LogP contribution >= 0.6 is 34.7 Å². The van der Waals surface area contributed by atoms with Gasteiger partial charge in [-0.1, -0.05) is 35.5 Å². The number of esters is 1. The summed E-state index contributed by atoms with van der Waals surface area (Å²) in [6.45, 7) is 2.82. The Labute approximate surface area is 193 Å². The molecule has 31 heavy (non-hydrogen) atoms. The second-order valence-corrected chi connectivity index (χ2v) is 9.31. The first kappa shape index (κ1) is 21.9. The van der Waals surface area contributed by atoms with Crippen LogP contribution in [-0.4, -0.2) is 39.5 Å². The Kier molecular flexibility index (Phi) is 6.64. The molecular formula is C21H21ClN4O3S2. The maximum absolute atomic E-state index is 12.6. The van der Waals surface area contributed by atoms with Gasteiger partial charge in [0.05, 0.1) is 12.9 Å². The van der Waals surface area contributed by atoms with Crippen molar-refractivity contribution in [1.82, 2.24) is 14.8 Å². The average molecular weight is 477 g/mol. The number of carbonyl (C=O) groups excluding carboxylic acids is 2. The molecule has 1 N–H and O–H groups in total. The second kappa shape index (κ2) is 9.42. The normalized spacial score (nSPS) is 13.3. The molecule has 7 nitrogen and oxygen atoms in total. The molecule has 2 heterocycles. The molecule has 10 heteroatoms. The van der Waals surface area contributed by atoms with E-state index in [0.717, 1.165) is 35.9 Å². The van der Waals surface area contributed by atoms with Crippen LogP contribution in [0.5, 0.6) is 0 Å². The number of ether oxygens (including phenoxy) is 1. The maximum atomic E-state index is 12.6. The van der Waals surface area contributed by atoms with Crippen molar-refractivity contribution >= 4 is 51.6 Å². The molecule has 4 rings (SSSR count). The summed E-state index contributed by atoms with van der Waals surface area (Å²) in [4.78, 5) is 25.1. The van der Waals surface area contributed by atoms with Crippen molar-refractivity contribution in [3.05, 3.63) is 46.1 Å². The van der Waals surface area contributed by atoms with E-state index in [2.05, 4.69) is 20.1 Å². The third-order valence-electron chi connectivity index (χ3n) is 4.93. The first-order chi connectivity index (χ1) is 15.0. The minimum absolute atomic E-state index is 0.164. The summed E-state index contributed by atoms with van der Waals surface area (Å²) in [6, 6.07) is 7.16. The highest BCUT2D eigenvalue weighted by molar-refractivity contribution is 7.99. The summed E-state index contributed by atoms with van der Waals surface area (Å²) in [5.41, 5.74) is 1.84. The number of amides is 1. The number of nitrogens with zero attached hydrogens (tertiary/aromatic N) is 3. The van der Waals surface area contributed by atoms with Gasteiger partial charge in [0.25, 0.3) is 0 Å². The number of anilines is 1. The van der Waals surface area contributed by atoms with E-state index in [1.165, 1.54) is 30.2 Å². The molecule has 3 aromatic rings. The van der Waals surface area contributed by atoms with E-state index in [1.54, 1.807) is 12.1 Å². The van der Waals surface area contributed by atoms with Crippen LogP contribution < -0.4 is 5.32 Å². The van der Waals surface area contributed by atoms with Gasteiger partial charge in [-0.25, -0.2) is 4.79 Å². The lowest BCUT2D eigenvalue weighted by Gasteiger charge is -2.09. The van der Waals surface area contributed by atoms with E-state index in [9.17, 15) is 9.59 Å². The molecule has 162 valence electrons. The van der Waals surface area contributed by atoms with Gasteiger partial charge in [0.15, 0.2) is 5.16 Å². The summed E-state index contributed by atoms with van der Waals surface area (Å²) in [5, 5.41) is 15.0. The van der Waals surface area contributed by atoms with Crippen LogP contribution in [0.2, 0.25) is 5.02 Å². The van der Waals surface area contributed by atoms with Gasteiger partial charge in [0.2, 0.25) is 5.91 Å². The number of aromatic nitrogens is 3. The number of halogens is 1. The lowest BCUT2D eigenvalue weighted by Crippen LogP contribution is -2.16. The lowest BCUT2D eigenvalue weighted by atomic mass is 10.0. The third kappa shape index (κ3) is 4.78. The van der Waals surface area contributed by atoms with Gasteiger partial charge < -0.3 is 14.6 Å². The number of hydrogen-bond acceptors (Lipinski definition) is 7. The minimum Gasteiger partial charge on any atom is -0.465 e. The van der Waals surface area contributed by atoms with E-state index in [0.29, 0.717) is 27.1 Å². The molecule has 0 unspecified atom stereocenters. The van der Waals surface area contributed by atoms with Crippen LogP contribution in [0.25, 0.3) is 11.1 Å². The zero-order valence-corrected chi connectivity index (χ0v) is 19.4. The fourth-order valence-corrected chi connectivity index (χ4v) is 5.15. The largest absolute Gasteiger partial charge is 0.465 e. The third-order valence-corrected chi connectivity index (χ3v) is 7.04. The van der Waals surface area contributed by atoms with E-state index < -0.39 is 5.97 Å². The van der Waals surface area contributed by atoms with E-state index >= 15 is 0 Å². The molecule has 1 amide bonds. The highest BCUT2D eigenvalue weighted by Gasteiger charge is 2.30. The minimum atomic E-state index is -0.506. The summed E-state index contributed by atoms with van der Waals surface area (Å²) >= 11 is 8.60. The van der Waals surface area contributed by atoms with E-state index in [-0.39, 0.29) is 11.7 Å². The molecule has 1 aromatic carbocycles. The van der Waals surface area contributed by atoms with Crippen LogP contribution in [0.4, 0.5) is 5.00 Å². The van der Waals surface area contributed by atoms with Crippen molar-refractivity contribution in [1.29, 1.82) is 0 Å². The first-order valence-corrected chi connectivity index (χ1v) is 12.1. The van der Waals surface area contributed by atoms with Gasteiger partial charge in [0, 0.05) is 28.4 Å². The molecule has 1 saturated carbocycles. The molecule has 1 fully saturated rings. The van der Waals surface area contributed by atoms with Crippen LogP contribution in [0.1, 0.15) is 41.9 Å². The van der Waals surface area contributed by atoms with E-state index in [4.69, 9.17) is 16.3 Å². The predicted molar refractivity (Wildman–Crippen MR) is 123 cm³/mol. The Morgan fingerprint density at radius 3 is 2.68 bits per heavy atom. The van der Waals surface area contributed by atoms with Crippen molar-refractivity contribution in [3.63, 3.8) is 0 Å². The standard InChI is InChI=1S/C21H21ClN4O3S2/c1-3-26-18(13-4-5-13)24-25-21(26)31-11-16(27)23-19-17(20(28)29-2)15(10-30-19)12-6-8-14(22)9-7-12/h6-10,13H,3-5,11H2,1-2H3,(H,23,27). The van der Waals surface area contributed by atoms with Crippen LogP contribution in [0.15, 0.2) is 34.8 Å². The molecule has 0 atom stereocenters. The van der Waals surface area contributed by atoms with Gasteiger partial charge in [-0.3, -0.25) is 4.79 Å². The van der Waals surface area contributed by atoms with E-state index in [1.807, 2.05) is 24.4 Å². The molecular weight excluding hydrogens is 456 g/mol. The van der Waals surface area contributed by atoms with Gasteiger partial charge in [-0.15, -0.1) is 21.5 Å². The Morgan fingerprint density at radius 2 is 2.03 bits per heavy atom. The number of nitrogens with one attached hydrogen (secondary N) is 1.